The van der Waals surface area contributed by atoms with Crippen LogP contribution in [-0.4, -0.2) is 36.3 Å². The molecule has 2 aliphatic rings. The Kier molecular flexibility index (Phi) is 3.77. The van der Waals surface area contributed by atoms with Crippen LogP contribution in [0, 0.1) is 0 Å². The van der Waals surface area contributed by atoms with E-state index in [4.69, 9.17) is 14.8 Å². The number of hydrogen-bond donors (Lipinski definition) is 1. The first-order chi connectivity index (χ1) is 7.16. The quantitative estimate of drug-likeness (QED) is 0.736. The summed E-state index contributed by atoms with van der Waals surface area (Å²) in [5.41, 5.74) is 5.50. The van der Waals surface area contributed by atoms with Crippen molar-refractivity contribution >= 4 is 7.75 Å². The fraction of sp³-hybridized carbons (Fsp3) is 1.00. The minimum Gasteiger partial charge on any atom is -0.238 e. The highest BCUT2D eigenvalue weighted by atomic mass is 31.2. The number of rotatable bonds is 4. The van der Waals surface area contributed by atoms with E-state index in [2.05, 4.69) is 0 Å². The smallest absolute Gasteiger partial charge is 0.238 e. The Bertz CT molecular complexity index is 230. The van der Waals surface area contributed by atoms with Crippen molar-refractivity contribution in [1.29, 1.82) is 0 Å². The van der Waals surface area contributed by atoms with Crippen LogP contribution in [0.25, 0.3) is 0 Å². The van der Waals surface area contributed by atoms with Crippen molar-refractivity contribution in [2.24, 2.45) is 5.50 Å². The Hall–Kier alpha value is 0.0300. The first kappa shape index (κ1) is 11.5. The lowest BCUT2D eigenvalue weighted by Crippen LogP contribution is -2.26. The summed E-state index contributed by atoms with van der Waals surface area (Å²) >= 11 is 0. The van der Waals surface area contributed by atoms with E-state index in [0.717, 1.165) is 51.9 Å². The van der Waals surface area contributed by atoms with Gasteiger partial charge in [0.1, 0.15) is 0 Å². The van der Waals surface area contributed by atoms with Crippen molar-refractivity contribution in [1.82, 2.24) is 10.1 Å². The van der Waals surface area contributed by atoms with Crippen molar-refractivity contribution in [2.45, 2.75) is 25.7 Å². The monoisotopic (exact) mass is 235 g/mol. The van der Waals surface area contributed by atoms with Crippen LogP contribution in [0.3, 0.4) is 0 Å². The Morgan fingerprint density at radius 3 is 1.53 bits per heavy atom. The minimum atomic E-state index is -3.44. The SMILES string of the molecule is NP(=O)(ON1CCCC1)ON1CCCC1. The van der Waals surface area contributed by atoms with Crippen LogP contribution in [0.1, 0.15) is 25.7 Å². The summed E-state index contributed by atoms with van der Waals surface area (Å²) in [5, 5.41) is 3.27. The van der Waals surface area contributed by atoms with Gasteiger partial charge >= 0.3 is 7.75 Å². The molecule has 7 heteroatoms. The molecule has 88 valence electrons. The zero-order chi connectivity index (χ0) is 10.7. The molecule has 0 spiro atoms. The van der Waals surface area contributed by atoms with Gasteiger partial charge in [-0.3, -0.25) is 0 Å². The number of nitrogens with two attached hydrogens (primary N) is 1. The van der Waals surface area contributed by atoms with Crippen LogP contribution in [0.4, 0.5) is 0 Å². The molecular formula is C8H18N3O3P. The minimum absolute atomic E-state index is 0.782. The molecule has 6 nitrogen and oxygen atoms in total. The van der Waals surface area contributed by atoms with E-state index in [1.165, 1.54) is 0 Å². The molecular weight excluding hydrogens is 217 g/mol. The molecule has 2 aliphatic heterocycles. The van der Waals surface area contributed by atoms with Gasteiger partial charge in [0, 0.05) is 26.2 Å². The predicted octanol–water partition coefficient (Wildman–Crippen LogP) is 1.11. The van der Waals surface area contributed by atoms with Gasteiger partial charge in [-0.2, -0.15) is 10.1 Å². The molecule has 2 N–H and O–H groups in total. The van der Waals surface area contributed by atoms with Crippen LogP contribution in [0.5, 0.6) is 0 Å². The maximum absolute atomic E-state index is 11.8. The standard InChI is InChI=1S/C8H18N3O3P/c9-15(12,13-10-5-1-2-6-10)14-11-7-3-4-8-11/h1-8H2,(H2,9,12). The molecule has 0 bridgehead atoms. The van der Waals surface area contributed by atoms with Crippen LogP contribution < -0.4 is 5.50 Å². The van der Waals surface area contributed by atoms with Crippen LogP contribution in [0.15, 0.2) is 0 Å². The summed E-state index contributed by atoms with van der Waals surface area (Å²) in [7, 11) is -3.44. The lowest BCUT2D eigenvalue weighted by molar-refractivity contribution is -0.104. The zero-order valence-electron chi connectivity index (χ0n) is 8.80. The average molecular weight is 235 g/mol. The Labute approximate surface area is 89.8 Å². The van der Waals surface area contributed by atoms with Gasteiger partial charge < -0.3 is 0 Å². The van der Waals surface area contributed by atoms with E-state index >= 15 is 0 Å². The summed E-state index contributed by atoms with van der Waals surface area (Å²) in [6.45, 7) is 3.13. The third-order valence-electron chi connectivity index (χ3n) is 2.59. The maximum atomic E-state index is 11.8. The molecule has 15 heavy (non-hydrogen) atoms. The fourth-order valence-corrected chi connectivity index (χ4v) is 2.88. The van der Waals surface area contributed by atoms with Crippen molar-refractivity contribution in [3.8, 4) is 0 Å². The Balaban J connectivity index is 1.79. The van der Waals surface area contributed by atoms with Crippen molar-refractivity contribution < 1.29 is 13.8 Å². The summed E-state index contributed by atoms with van der Waals surface area (Å²) in [5.74, 6) is 0. The zero-order valence-corrected chi connectivity index (χ0v) is 9.70. The highest BCUT2D eigenvalue weighted by Gasteiger charge is 2.29. The maximum Gasteiger partial charge on any atom is 0.436 e. The highest BCUT2D eigenvalue weighted by molar-refractivity contribution is 7.51. The van der Waals surface area contributed by atoms with Gasteiger partial charge in [0.2, 0.25) is 0 Å². The highest BCUT2D eigenvalue weighted by Crippen LogP contribution is 2.42. The molecule has 0 atom stereocenters. The van der Waals surface area contributed by atoms with Gasteiger partial charge in [0.05, 0.1) is 0 Å². The molecule has 2 fully saturated rings. The second-order valence-corrected chi connectivity index (χ2v) is 5.38. The van der Waals surface area contributed by atoms with E-state index in [1.807, 2.05) is 0 Å². The normalized spacial score (nSPS) is 25.1. The molecule has 0 amide bonds. The molecule has 0 aromatic heterocycles. The van der Waals surface area contributed by atoms with Gasteiger partial charge in [-0.05, 0) is 25.7 Å². The number of hydroxylamine groups is 4. The molecule has 0 aromatic rings. The molecule has 2 heterocycles. The molecule has 0 unspecified atom stereocenters. The summed E-state index contributed by atoms with van der Waals surface area (Å²) in [6.07, 6.45) is 4.24. The van der Waals surface area contributed by atoms with Crippen LogP contribution in [-0.2, 0) is 13.8 Å². The average Bonchev–Trinajstić information content (AvgIpc) is 2.75. The van der Waals surface area contributed by atoms with E-state index < -0.39 is 7.75 Å². The lowest BCUT2D eigenvalue weighted by Gasteiger charge is -2.23. The van der Waals surface area contributed by atoms with E-state index in [9.17, 15) is 4.57 Å². The Morgan fingerprint density at radius 2 is 1.20 bits per heavy atom. The molecule has 0 saturated carbocycles. The fourth-order valence-electron chi connectivity index (χ4n) is 1.88. The summed E-state index contributed by atoms with van der Waals surface area (Å²) in [6, 6.07) is 0. The summed E-state index contributed by atoms with van der Waals surface area (Å²) in [4.78, 5) is 0. The van der Waals surface area contributed by atoms with Gasteiger partial charge in [0.15, 0.2) is 0 Å². The predicted molar refractivity (Wildman–Crippen MR) is 55.6 cm³/mol. The second-order valence-electron chi connectivity index (χ2n) is 3.98. The second kappa shape index (κ2) is 4.91. The van der Waals surface area contributed by atoms with Crippen molar-refractivity contribution in [2.75, 3.05) is 26.2 Å². The van der Waals surface area contributed by atoms with E-state index in [-0.39, 0.29) is 0 Å². The Morgan fingerprint density at radius 1 is 0.867 bits per heavy atom. The van der Waals surface area contributed by atoms with Gasteiger partial charge in [-0.25, -0.2) is 19.3 Å². The van der Waals surface area contributed by atoms with Gasteiger partial charge in [-0.1, -0.05) is 0 Å². The van der Waals surface area contributed by atoms with E-state index in [0.29, 0.717) is 0 Å². The number of nitrogens with zero attached hydrogens (tertiary/aromatic N) is 2. The van der Waals surface area contributed by atoms with Crippen molar-refractivity contribution in [3.63, 3.8) is 0 Å². The molecule has 0 aromatic carbocycles. The topological polar surface area (TPSA) is 68.0 Å². The molecule has 0 aliphatic carbocycles. The third-order valence-corrected chi connectivity index (χ3v) is 3.51. The van der Waals surface area contributed by atoms with Crippen LogP contribution >= 0.6 is 7.75 Å². The first-order valence-corrected chi connectivity index (χ1v) is 7.05. The molecule has 2 rings (SSSR count). The van der Waals surface area contributed by atoms with Crippen LogP contribution in [0.2, 0.25) is 0 Å². The summed E-state index contributed by atoms with van der Waals surface area (Å²) < 4.78 is 22.1. The first-order valence-electron chi connectivity index (χ1n) is 5.44. The van der Waals surface area contributed by atoms with Gasteiger partial charge in [-0.15, -0.1) is 0 Å². The lowest BCUT2D eigenvalue weighted by atomic mass is 10.4. The van der Waals surface area contributed by atoms with Gasteiger partial charge in [0.25, 0.3) is 0 Å². The van der Waals surface area contributed by atoms with E-state index in [1.54, 1.807) is 10.1 Å². The third kappa shape index (κ3) is 3.52. The molecule has 2 saturated heterocycles. The molecule has 0 radical (unpaired) electrons. The van der Waals surface area contributed by atoms with Crippen molar-refractivity contribution in [3.05, 3.63) is 0 Å². The number of hydrogen-bond acceptors (Lipinski definition) is 5. The largest absolute Gasteiger partial charge is 0.436 e.